The molecule has 196 valence electrons. The van der Waals surface area contributed by atoms with E-state index in [-0.39, 0.29) is 31.1 Å². The van der Waals surface area contributed by atoms with E-state index in [1.807, 2.05) is 0 Å². The summed E-state index contributed by atoms with van der Waals surface area (Å²) in [4.78, 5) is 47.4. The number of ether oxygens (including phenoxy) is 7. The molecule has 0 radical (unpaired) electrons. The molecule has 0 aliphatic heterocycles. The highest BCUT2D eigenvalue weighted by molar-refractivity contribution is 5.76. The van der Waals surface area contributed by atoms with Crippen molar-refractivity contribution < 1.29 is 52.3 Å². The third kappa shape index (κ3) is 11.9. The molecule has 0 amide bonds. The number of hydrogen-bond acceptors (Lipinski definition) is 12. The number of carbonyl (C=O) groups is 4. The lowest BCUT2D eigenvalue weighted by Crippen LogP contribution is -2.37. The number of esters is 1. The van der Waals surface area contributed by atoms with Gasteiger partial charge in [0.2, 0.25) is 0 Å². The lowest BCUT2D eigenvalue weighted by atomic mass is 10.1. The van der Waals surface area contributed by atoms with Crippen LogP contribution in [0, 0.1) is 0 Å². The van der Waals surface area contributed by atoms with Crippen LogP contribution in [0.4, 0.5) is 14.4 Å². The molecule has 1 rings (SSSR count). The summed E-state index contributed by atoms with van der Waals surface area (Å²) >= 11 is 0. The maximum Gasteiger partial charge on any atom is 0.514 e. The Morgan fingerprint density at radius 2 is 1.37 bits per heavy atom. The van der Waals surface area contributed by atoms with Gasteiger partial charge in [0.25, 0.3) is 0 Å². The predicted octanol–water partition coefficient (Wildman–Crippen LogP) is 3.51. The number of benzene rings is 1. The largest absolute Gasteiger partial charge is 0.514 e. The van der Waals surface area contributed by atoms with Crippen molar-refractivity contribution in [3.05, 3.63) is 23.8 Å². The second-order valence-corrected chi connectivity index (χ2v) is 7.87. The lowest BCUT2D eigenvalue weighted by molar-refractivity contribution is -0.152. The van der Waals surface area contributed by atoms with Crippen molar-refractivity contribution in [2.75, 3.05) is 13.2 Å². The van der Waals surface area contributed by atoms with Gasteiger partial charge in [-0.15, -0.1) is 0 Å². The second kappa shape index (κ2) is 14.7. The number of carbonyl (C=O) groups excluding carboxylic acids is 4. The van der Waals surface area contributed by atoms with Crippen LogP contribution in [0.1, 0.15) is 47.1 Å². The Kier molecular flexibility index (Phi) is 12.4. The quantitative estimate of drug-likeness (QED) is 0.268. The molecular weight excluding hydrogens is 466 g/mol. The van der Waals surface area contributed by atoms with Gasteiger partial charge in [-0.05, 0) is 65.7 Å². The van der Waals surface area contributed by atoms with Gasteiger partial charge in [-0.1, -0.05) is 6.07 Å². The normalized spacial score (nSPS) is 12.4. The molecule has 0 aliphatic rings. The predicted molar refractivity (Wildman–Crippen MR) is 121 cm³/mol. The summed E-state index contributed by atoms with van der Waals surface area (Å²) in [5.41, 5.74) is 6.42. The zero-order chi connectivity index (χ0) is 26.5. The Morgan fingerprint density at radius 3 is 1.91 bits per heavy atom. The lowest BCUT2D eigenvalue weighted by Gasteiger charge is -2.17. The van der Waals surface area contributed by atoms with E-state index in [1.165, 1.54) is 25.1 Å². The third-order valence-electron chi connectivity index (χ3n) is 3.83. The minimum atomic E-state index is -1.09. The molecule has 1 aromatic rings. The van der Waals surface area contributed by atoms with Crippen molar-refractivity contribution >= 4 is 24.4 Å². The zero-order valence-electron chi connectivity index (χ0n) is 20.7. The van der Waals surface area contributed by atoms with Crippen LogP contribution in [-0.4, -0.2) is 62.0 Å². The Labute approximate surface area is 203 Å². The van der Waals surface area contributed by atoms with Crippen LogP contribution < -0.4 is 15.2 Å². The van der Waals surface area contributed by atoms with E-state index >= 15 is 0 Å². The Hall–Kier alpha value is -3.54. The monoisotopic (exact) mass is 499 g/mol. The van der Waals surface area contributed by atoms with Gasteiger partial charge in [-0.2, -0.15) is 0 Å². The molecule has 0 aliphatic carbocycles. The Balaban J connectivity index is 2.88. The number of nitrogens with two attached hydrogens (primary N) is 1. The highest BCUT2D eigenvalue weighted by Crippen LogP contribution is 2.30. The number of rotatable bonds is 11. The zero-order valence-corrected chi connectivity index (χ0v) is 20.7. The van der Waals surface area contributed by atoms with Crippen LogP contribution >= 0.6 is 0 Å². The minimum absolute atomic E-state index is 0.00338. The second-order valence-electron chi connectivity index (χ2n) is 7.87. The van der Waals surface area contributed by atoms with Gasteiger partial charge in [-0.3, -0.25) is 4.79 Å². The first-order chi connectivity index (χ1) is 16.4. The molecule has 2 atom stereocenters. The fourth-order valence-corrected chi connectivity index (χ4v) is 2.46. The maximum atomic E-state index is 12.3. The van der Waals surface area contributed by atoms with E-state index < -0.39 is 48.8 Å². The summed E-state index contributed by atoms with van der Waals surface area (Å²) in [6.45, 7) is 9.67. The maximum absolute atomic E-state index is 12.3. The van der Waals surface area contributed by atoms with Crippen LogP contribution in [-0.2, 0) is 34.9 Å². The average Bonchev–Trinajstić information content (AvgIpc) is 2.73. The first kappa shape index (κ1) is 29.5. The standard InChI is InChI=1S/C23H33NO11/c1-7-29-21(26)30-12-15(6)33-20(25)17(24)10-16-8-9-18(34-22(27)31-13(2)3)19(11-16)35-23(28)32-14(4)5/h8-9,11,13-15,17H,7,10,12,24H2,1-6H3/t15-,17+/m1/s1. The van der Waals surface area contributed by atoms with Gasteiger partial charge < -0.3 is 38.9 Å². The van der Waals surface area contributed by atoms with Crippen LogP contribution in [0.25, 0.3) is 0 Å². The van der Waals surface area contributed by atoms with Crippen molar-refractivity contribution in [3.63, 3.8) is 0 Å². The molecule has 12 heteroatoms. The Morgan fingerprint density at radius 1 is 0.800 bits per heavy atom. The van der Waals surface area contributed by atoms with E-state index in [4.69, 9.17) is 34.2 Å². The first-order valence-electron chi connectivity index (χ1n) is 11.1. The smallest absolute Gasteiger partial charge is 0.458 e. The minimum Gasteiger partial charge on any atom is -0.458 e. The molecule has 35 heavy (non-hydrogen) atoms. The molecule has 0 unspecified atom stereocenters. The van der Waals surface area contributed by atoms with Gasteiger partial charge in [0.05, 0.1) is 18.8 Å². The van der Waals surface area contributed by atoms with Crippen molar-refractivity contribution in [2.45, 2.75) is 72.3 Å². The van der Waals surface area contributed by atoms with Crippen molar-refractivity contribution in [1.29, 1.82) is 0 Å². The van der Waals surface area contributed by atoms with Gasteiger partial charge in [0, 0.05) is 0 Å². The van der Waals surface area contributed by atoms with Gasteiger partial charge in [-0.25, -0.2) is 14.4 Å². The van der Waals surface area contributed by atoms with Crippen molar-refractivity contribution in [1.82, 2.24) is 0 Å². The van der Waals surface area contributed by atoms with E-state index in [9.17, 15) is 19.2 Å². The average molecular weight is 500 g/mol. The highest BCUT2D eigenvalue weighted by atomic mass is 16.8. The molecular formula is C23H33NO11. The molecule has 0 saturated heterocycles. The molecule has 12 nitrogen and oxygen atoms in total. The third-order valence-corrected chi connectivity index (χ3v) is 3.83. The molecule has 2 N–H and O–H groups in total. The number of hydrogen-bond donors (Lipinski definition) is 1. The van der Waals surface area contributed by atoms with Crippen LogP contribution in [0.2, 0.25) is 0 Å². The molecule has 0 fully saturated rings. The van der Waals surface area contributed by atoms with Crippen LogP contribution in [0.15, 0.2) is 18.2 Å². The summed E-state index contributed by atoms with van der Waals surface area (Å²) in [7, 11) is 0. The van der Waals surface area contributed by atoms with E-state index in [2.05, 4.69) is 4.74 Å². The summed E-state index contributed by atoms with van der Waals surface area (Å²) in [6, 6.07) is 3.18. The van der Waals surface area contributed by atoms with Crippen molar-refractivity contribution in [2.24, 2.45) is 5.73 Å². The summed E-state index contributed by atoms with van der Waals surface area (Å²) < 4.78 is 34.8. The molecule has 1 aromatic carbocycles. The molecule has 0 spiro atoms. The van der Waals surface area contributed by atoms with Crippen LogP contribution in [0.3, 0.4) is 0 Å². The fourth-order valence-electron chi connectivity index (χ4n) is 2.46. The molecule has 0 heterocycles. The van der Waals surface area contributed by atoms with Gasteiger partial charge in [0.15, 0.2) is 11.5 Å². The topological polar surface area (TPSA) is 159 Å². The van der Waals surface area contributed by atoms with Gasteiger partial charge in [0.1, 0.15) is 18.8 Å². The van der Waals surface area contributed by atoms with E-state index in [0.717, 1.165) is 0 Å². The molecule has 0 bridgehead atoms. The fraction of sp³-hybridized carbons (Fsp3) is 0.565. The summed E-state index contributed by atoms with van der Waals surface area (Å²) in [6.07, 6.45) is -4.51. The van der Waals surface area contributed by atoms with E-state index in [0.29, 0.717) is 5.56 Å². The molecule has 0 saturated carbocycles. The van der Waals surface area contributed by atoms with Crippen LogP contribution in [0.5, 0.6) is 11.5 Å². The SMILES string of the molecule is CCOC(=O)OC[C@@H](C)OC(=O)[C@@H](N)Cc1ccc(OC(=O)OC(C)C)c(OC(=O)OC(C)C)c1. The molecule has 0 aromatic heterocycles. The highest BCUT2D eigenvalue weighted by Gasteiger charge is 2.22. The van der Waals surface area contributed by atoms with Gasteiger partial charge >= 0.3 is 24.4 Å². The summed E-state index contributed by atoms with van der Waals surface area (Å²) in [5, 5.41) is 0. The summed E-state index contributed by atoms with van der Waals surface area (Å²) in [5.74, 6) is -0.973. The Bertz CT molecular complexity index is 869. The first-order valence-corrected chi connectivity index (χ1v) is 11.1. The van der Waals surface area contributed by atoms with Crippen molar-refractivity contribution in [3.8, 4) is 11.5 Å². The van der Waals surface area contributed by atoms with E-state index in [1.54, 1.807) is 34.6 Å².